The molecule has 0 aromatic carbocycles. The number of hydrogen-bond acceptors (Lipinski definition) is 7. The summed E-state index contributed by atoms with van der Waals surface area (Å²) in [6, 6.07) is 0. The maximum atomic E-state index is 11.7. The monoisotopic (exact) mass is 482 g/mol. The molecule has 29 heavy (non-hydrogen) atoms. The third-order valence-electron chi connectivity index (χ3n) is 4.58. The van der Waals surface area contributed by atoms with Gasteiger partial charge in [-0.25, -0.2) is 0 Å². The van der Waals surface area contributed by atoms with E-state index in [1.54, 1.807) is 20.8 Å². The molecule has 0 N–H and O–H groups in total. The Kier molecular flexibility index (Phi) is 15.3. The van der Waals surface area contributed by atoms with Crippen LogP contribution >= 0.6 is 0 Å². The van der Waals surface area contributed by atoms with E-state index in [1.165, 1.54) is 0 Å². The average molecular weight is 482 g/mol. The molecule has 0 saturated carbocycles. The van der Waals surface area contributed by atoms with Gasteiger partial charge >= 0.3 is 0 Å². The molecule has 163 valence electrons. The molecule has 0 bridgehead atoms. The Hall–Kier alpha value is -0.306. The maximum absolute atomic E-state index is 11.7. The van der Waals surface area contributed by atoms with Crippen molar-refractivity contribution < 1.29 is 47.1 Å². The van der Waals surface area contributed by atoms with Crippen molar-refractivity contribution in [2.24, 2.45) is 0 Å². The number of ketones is 3. The third-order valence-corrected chi connectivity index (χ3v) is 4.58. The van der Waals surface area contributed by atoms with E-state index in [0.717, 1.165) is 44.8 Å². The van der Waals surface area contributed by atoms with Crippen LogP contribution in [0.5, 0.6) is 0 Å². The van der Waals surface area contributed by atoms with Gasteiger partial charge in [-0.2, -0.15) is 0 Å². The van der Waals surface area contributed by atoms with Crippen LogP contribution in [0.1, 0.15) is 27.7 Å². The van der Waals surface area contributed by atoms with Gasteiger partial charge in [-0.1, -0.05) is 12.2 Å². The summed E-state index contributed by atoms with van der Waals surface area (Å²) in [4.78, 5) is 43.6. The number of Topliss-reactive ketones (excluding diaryl/α,β-unsaturated/α-hetero) is 3. The van der Waals surface area contributed by atoms with Crippen LogP contribution in [-0.2, 0) is 47.1 Å². The first-order valence-electron chi connectivity index (χ1n) is 10.0. The Bertz CT molecular complexity index is 444. The molecule has 1 saturated heterocycles. The van der Waals surface area contributed by atoms with Gasteiger partial charge in [0, 0.05) is 78.5 Å². The van der Waals surface area contributed by atoms with E-state index in [1.807, 2.05) is 6.92 Å². The molecule has 1 rings (SSSR count). The normalized spacial score (nSPS) is 18.9. The molecular formula is C21H37N4O3Y-. The number of rotatable bonds is 8. The minimum atomic E-state index is 0. The minimum absolute atomic E-state index is 0. The smallest absolute Gasteiger partial charge is 0.143 e. The Morgan fingerprint density at radius 1 is 0.690 bits per heavy atom. The summed E-state index contributed by atoms with van der Waals surface area (Å²) in [6.45, 7) is 20.1. The molecule has 0 spiro atoms. The first-order chi connectivity index (χ1) is 13.2. The maximum Gasteiger partial charge on any atom is 0.143 e. The van der Waals surface area contributed by atoms with Gasteiger partial charge in [-0.15, -0.1) is 6.54 Å². The van der Waals surface area contributed by atoms with Gasteiger partial charge in [0.15, 0.2) is 0 Å². The van der Waals surface area contributed by atoms with E-state index in [-0.39, 0.29) is 50.1 Å². The Labute approximate surface area is 201 Å². The van der Waals surface area contributed by atoms with E-state index in [2.05, 4.69) is 32.7 Å². The zero-order valence-corrected chi connectivity index (χ0v) is 21.5. The third kappa shape index (κ3) is 14.4. The fraction of sp³-hybridized carbons (Fsp3) is 0.714. The zero-order chi connectivity index (χ0) is 21.1. The van der Waals surface area contributed by atoms with Crippen LogP contribution in [0.2, 0.25) is 0 Å². The molecule has 1 fully saturated rings. The van der Waals surface area contributed by atoms with Gasteiger partial charge in [0.1, 0.15) is 17.3 Å². The molecule has 1 aliphatic heterocycles. The molecule has 0 aliphatic carbocycles. The molecule has 1 heterocycles. The summed E-state index contributed by atoms with van der Waals surface area (Å²) in [5, 5.41) is 0. The van der Waals surface area contributed by atoms with Crippen LogP contribution in [0.4, 0.5) is 0 Å². The Morgan fingerprint density at radius 3 is 1.52 bits per heavy atom. The minimum Gasteiger partial charge on any atom is -0.448 e. The second-order valence-electron chi connectivity index (χ2n) is 8.00. The molecule has 8 heteroatoms. The van der Waals surface area contributed by atoms with E-state index in [4.69, 9.17) is 0 Å². The molecule has 7 nitrogen and oxygen atoms in total. The Morgan fingerprint density at radius 2 is 1.10 bits per heavy atom. The molecule has 0 unspecified atom stereocenters. The number of carbonyl (C=O) groups excluding carboxylic acids is 3. The van der Waals surface area contributed by atoms with Crippen molar-refractivity contribution in [3.05, 3.63) is 18.7 Å². The second-order valence-corrected chi connectivity index (χ2v) is 8.00. The van der Waals surface area contributed by atoms with E-state index in [0.29, 0.717) is 32.7 Å². The predicted octanol–water partition coefficient (Wildman–Crippen LogP) is 0.710. The van der Waals surface area contributed by atoms with Crippen LogP contribution in [0.15, 0.2) is 12.2 Å². The second kappa shape index (κ2) is 15.5. The van der Waals surface area contributed by atoms with Gasteiger partial charge in [0.05, 0.1) is 13.1 Å². The fourth-order valence-corrected chi connectivity index (χ4v) is 3.37. The van der Waals surface area contributed by atoms with Gasteiger partial charge in [-0.3, -0.25) is 30.7 Å². The summed E-state index contributed by atoms with van der Waals surface area (Å²) in [5.74, 6) is 0.399. The van der Waals surface area contributed by atoms with E-state index >= 15 is 0 Å². The number of hydrogen-bond donors (Lipinski definition) is 0. The van der Waals surface area contributed by atoms with Crippen molar-refractivity contribution in [2.75, 3.05) is 72.0 Å². The first kappa shape index (κ1) is 28.7. The molecular weight excluding hydrogens is 445 g/mol. The van der Waals surface area contributed by atoms with Crippen molar-refractivity contribution in [3.63, 3.8) is 0 Å². The summed E-state index contributed by atoms with van der Waals surface area (Å²) in [5.41, 5.74) is 1.09. The molecule has 1 aliphatic rings. The van der Waals surface area contributed by atoms with Crippen LogP contribution in [0, 0.1) is 6.54 Å². The van der Waals surface area contributed by atoms with Crippen molar-refractivity contribution in [2.45, 2.75) is 27.7 Å². The average Bonchev–Trinajstić information content (AvgIpc) is 2.55. The largest absolute Gasteiger partial charge is 0.448 e. The summed E-state index contributed by atoms with van der Waals surface area (Å²) < 4.78 is 0. The zero-order valence-electron chi connectivity index (χ0n) is 18.7. The predicted molar refractivity (Wildman–Crippen MR) is 112 cm³/mol. The summed E-state index contributed by atoms with van der Waals surface area (Å²) in [6.07, 6.45) is 0. The summed E-state index contributed by atoms with van der Waals surface area (Å²) in [7, 11) is 0. The number of carbonyl (C=O) groups is 3. The van der Waals surface area contributed by atoms with Crippen LogP contribution in [0.3, 0.4) is 0 Å². The molecule has 0 amide bonds. The van der Waals surface area contributed by atoms with Gasteiger partial charge in [0.25, 0.3) is 0 Å². The van der Waals surface area contributed by atoms with Gasteiger partial charge in [0.2, 0.25) is 0 Å². The van der Waals surface area contributed by atoms with Gasteiger partial charge in [-0.05, 0) is 34.2 Å². The summed E-state index contributed by atoms with van der Waals surface area (Å²) >= 11 is 0. The fourth-order valence-electron chi connectivity index (χ4n) is 3.37. The van der Waals surface area contributed by atoms with Crippen LogP contribution in [-0.4, -0.2) is 109 Å². The molecule has 0 atom stereocenters. The Balaban J connectivity index is 0.00000784. The molecule has 1 radical (unpaired) electrons. The molecule has 0 aromatic rings. The first-order valence-corrected chi connectivity index (χ1v) is 10.0. The quantitative estimate of drug-likeness (QED) is 0.373. The standard InChI is InChI=1S/C21H37N4O3.Y/c1-18(2)14-22-6-8-23(15-19(3)26)10-12-25(17-21(5)28)13-11-24(9-7-22)16-20(4)27;/h8H,1,6-7,9-17H2,2-5H3;/q-1;. The SMILES string of the molecule is C=C(C)CN1C[CH-]N(CC(C)=O)CCN(CC(C)=O)CCN(CC(C)=O)CC1.[Y]. The molecule has 0 aromatic heterocycles. The van der Waals surface area contributed by atoms with Crippen molar-refractivity contribution in [3.8, 4) is 0 Å². The van der Waals surface area contributed by atoms with Crippen molar-refractivity contribution >= 4 is 17.3 Å². The van der Waals surface area contributed by atoms with Gasteiger partial charge < -0.3 is 9.80 Å². The van der Waals surface area contributed by atoms with Crippen LogP contribution < -0.4 is 0 Å². The van der Waals surface area contributed by atoms with Crippen LogP contribution in [0.25, 0.3) is 0 Å². The number of nitrogens with zero attached hydrogens (tertiary/aromatic N) is 4. The topological polar surface area (TPSA) is 64.2 Å². The van der Waals surface area contributed by atoms with E-state index in [9.17, 15) is 14.4 Å². The van der Waals surface area contributed by atoms with E-state index < -0.39 is 0 Å². The van der Waals surface area contributed by atoms with Crippen molar-refractivity contribution in [1.29, 1.82) is 0 Å². The van der Waals surface area contributed by atoms with Crippen molar-refractivity contribution in [1.82, 2.24) is 19.6 Å².